The van der Waals surface area contributed by atoms with Gasteiger partial charge in [0, 0.05) is 13.1 Å². The molecule has 1 atom stereocenters. The summed E-state index contributed by atoms with van der Waals surface area (Å²) < 4.78 is 12.8. The molecule has 0 unspecified atom stereocenters. The maximum absolute atomic E-state index is 12.8. The van der Waals surface area contributed by atoms with E-state index in [1.807, 2.05) is 0 Å². The van der Waals surface area contributed by atoms with Crippen LogP contribution in [-0.4, -0.2) is 35.2 Å². The molecule has 0 saturated carbocycles. The zero-order chi connectivity index (χ0) is 12.4. The standard InChI is InChI=1S/C11H12ClFN2O2/c12-9-5-7(13)1-2-10(9)14-11(17)15-4-3-8(16)6-15/h1-2,5,8,16H,3-4,6H2,(H,14,17)/t8-/m1/s1. The molecule has 2 amide bonds. The van der Waals surface area contributed by atoms with Crippen LogP contribution in [0.2, 0.25) is 5.02 Å². The fourth-order valence-electron chi connectivity index (χ4n) is 1.71. The van der Waals surface area contributed by atoms with Crippen LogP contribution < -0.4 is 5.32 Å². The zero-order valence-corrected chi connectivity index (χ0v) is 9.75. The third-order valence-corrected chi connectivity index (χ3v) is 2.94. The first-order valence-electron chi connectivity index (χ1n) is 5.25. The summed E-state index contributed by atoms with van der Waals surface area (Å²) in [6.07, 6.45) is 0.106. The number of carbonyl (C=O) groups excluding carboxylic acids is 1. The van der Waals surface area contributed by atoms with Crippen molar-refractivity contribution in [1.29, 1.82) is 0 Å². The number of rotatable bonds is 1. The van der Waals surface area contributed by atoms with Gasteiger partial charge in [-0.05, 0) is 24.6 Å². The summed E-state index contributed by atoms with van der Waals surface area (Å²) in [5, 5.41) is 12.0. The molecule has 92 valence electrons. The molecule has 1 aromatic rings. The fourth-order valence-corrected chi connectivity index (χ4v) is 1.93. The molecular weight excluding hydrogens is 247 g/mol. The molecule has 1 aliphatic heterocycles. The van der Waals surface area contributed by atoms with Gasteiger partial charge in [-0.3, -0.25) is 0 Å². The Hall–Kier alpha value is -1.33. The number of aliphatic hydroxyl groups is 1. The second kappa shape index (κ2) is 4.89. The summed E-state index contributed by atoms with van der Waals surface area (Å²) in [7, 11) is 0. The van der Waals surface area contributed by atoms with E-state index in [0.29, 0.717) is 25.2 Å². The number of carbonyl (C=O) groups is 1. The van der Waals surface area contributed by atoms with Gasteiger partial charge in [-0.15, -0.1) is 0 Å². The van der Waals surface area contributed by atoms with Crippen molar-refractivity contribution >= 4 is 23.3 Å². The molecule has 4 nitrogen and oxygen atoms in total. The lowest BCUT2D eigenvalue weighted by molar-refractivity contribution is 0.176. The highest BCUT2D eigenvalue weighted by atomic mass is 35.5. The van der Waals surface area contributed by atoms with Gasteiger partial charge in [-0.1, -0.05) is 11.6 Å². The van der Waals surface area contributed by atoms with Gasteiger partial charge in [0.1, 0.15) is 5.82 Å². The highest BCUT2D eigenvalue weighted by Gasteiger charge is 2.24. The van der Waals surface area contributed by atoms with Crippen LogP contribution in [0.4, 0.5) is 14.9 Å². The van der Waals surface area contributed by atoms with Gasteiger partial charge in [0.05, 0.1) is 16.8 Å². The average Bonchev–Trinajstić information content (AvgIpc) is 2.69. The summed E-state index contributed by atoms with van der Waals surface area (Å²) >= 11 is 5.79. The molecule has 17 heavy (non-hydrogen) atoms. The maximum Gasteiger partial charge on any atom is 0.321 e. The van der Waals surface area contributed by atoms with E-state index in [0.717, 1.165) is 6.07 Å². The number of aliphatic hydroxyl groups excluding tert-OH is 1. The smallest absolute Gasteiger partial charge is 0.321 e. The largest absolute Gasteiger partial charge is 0.391 e. The van der Waals surface area contributed by atoms with Crippen molar-refractivity contribution in [2.45, 2.75) is 12.5 Å². The molecule has 2 N–H and O–H groups in total. The Morgan fingerprint density at radius 2 is 2.35 bits per heavy atom. The van der Waals surface area contributed by atoms with Crippen molar-refractivity contribution in [2.24, 2.45) is 0 Å². The number of likely N-dealkylation sites (tertiary alicyclic amines) is 1. The van der Waals surface area contributed by atoms with Crippen LogP contribution in [-0.2, 0) is 0 Å². The van der Waals surface area contributed by atoms with Crippen LogP contribution in [0.25, 0.3) is 0 Å². The summed E-state index contributed by atoms with van der Waals surface area (Å²) in [6.45, 7) is 0.816. The second-order valence-corrected chi connectivity index (χ2v) is 4.35. The van der Waals surface area contributed by atoms with E-state index in [9.17, 15) is 14.3 Å². The minimum atomic E-state index is -0.468. The molecule has 1 aliphatic rings. The van der Waals surface area contributed by atoms with E-state index < -0.39 is 11.9 Å². The average molecular weight is 259 g/mol. The molecule has 1 saturated heterocycles. The van der Waals surface area contributed by atoms with Crippen LogP contribution in [0.1, 0.15) is 6.42 Å². The fraction of sp³-hybridized carbons (Fsp3) is 0.364. The number of hydrogen-bond acceptors (Lipinski definition) is 2. The highest BCUT2D eigenvalue weighted by Crippen LogP contribution is 2.23. The number of urea groups is 1. The number of benzene rings is 1. The van der Waals surface area contributed by atoms with Crippen molar-refractivity contribution in [3.8, 4) is 0 Å². The van der Waals surface area contributed by atoms with Crippen LogP contribution in [0.3, 0.4) is 0 Å². The Morgan fingerprint density at radius 3 is 2.94 bits per heavy atom. The summed E-state index contributed by atoms with van der Waals surface area (Å²) in [6, 6.07) is 3.42. The number of nitrogens with zero attached hydrogens (tertiary/aromatic N) is 1. The van der Waals surface area contributed by atoms with E-state index >= 15 is 0 Å². The molecular formula is C11H12ClFN2O2. The predicted octanol–water partition coefficient (Wildman–Crippen LogP) is 2.08. The third-order valence-electron chi connectivity index (χ3n) is 2.62. The maximum atomic E-state index is 12.8. The molecule has 1 aromatic carbocycles. The number of β-amino-alcohol motifs (C(OH)–C–C–N with tert-alkyl or cyclic N) is 1. The van der Waals surface area contributed by atoms with Gasteiger partial charge in [0.15, 0.2) is 0 Å². The summed E-state index contributed by atoms with van der Waals surface area (Å²) in [4.78, 5) is 13.2. The minimum absolute atomic E-state index is 0.151. The molecule has 1 heterocycles. The third kappa shape index (κ3) is 2.87. The predicted molar refractivity (Wildman–Crippen MR) is 62.6 cm³/mol. The minimum Gasteiger partial charge on any atom is -0.391 e. The summed E-state index contributed by atoms with van der Waals surface area (Å²) in [5.41, 5.74) is 0.361. The van der Waals surface area contributed by atoms with Crippen molar-refractivity contribution in [3.63, 3.8) is 0 Å². The molecule has 6 heteroatoms. The Morgan fingerprint density at radius 1 is 1.59 bits per heavy atom. The SMILES string of the molecule is O=C(Nc1ccc(F)cc1Cl)N1CC[C@@H](O)C1. The molecule has 0 aromatic heterocycles. The lowest BCUT2D eigenvalue weighted by Gasteiger charge is -2.17. The topological polar surface area (TPSA) is 52.6 Å². The Balaban J connectivity index is 2.03. The first-order chi connectivity index (χ1) is 8.06. The van der Waals surface area contributed by atoms with E-state index in [-0.39, 0.29) is 11.1 Å². The van der Waals surface area contributed by atoms with E-state index in [1.54, 1.807) is 0 Å². The van der Waals surface area contributed by atoms with Gasteiger partial charge < -0.3 is 15.3 Å². The number of halogens is 2. The van der Waals surface area contributed by atoms with Crippen LogP contribution in [0.5, 0.6) is 0 Å². The molecule has 0 spiro atoms. The van der Waals surface area contributed by atoms with Crippen molar-refractivity contribution in [3.05, 3.63) is 29.0 Å². The quantitative estimate of drug-likeness (QED) is 0.810. The number of hydrogen-bond donors (Lipinski definition) is 2. The molecule has 2 rings (SSSR count). The van der Waals surface area contributed by atoms with E-state index in [2.05, 4.69) is 5.32 Å². The van der Waals surface area contributed by atoms with E-state index in [4.69, 9.17) is 11.6 Å². The highest BCUT2D eigenvalue weighted by molar-refractivity contribution is 6.33. The van der Waals surface area contributed by atoms with Crippen LogP contribution >= 0.6 is 11.6 Å². The van der Waals surface area contributed by atoms with Crippen molar-refractivity contribution < 1.29 is 14.3 Å². The van der Waals surface area contributed by atoms with E-state index in [1.165, 1.54) is 17.0 Å². The number of amides is 2. The lowest BCUT2D eigenvalue weighted by atomic mass is 10.3. The first kappa shape index (κ1) is 12.1. The Bertz CT molecular complexity index is 441. The Labute approximate surface area is 103 Å². The van der Waals surface area contributed by atoms with Crippen molar-refractivity contribution in [1.82, 2.24) is 4.90 Å². The normalized spacial score (nSPS) is 19.5. The van der Waals surface area contributed by atoms with Crippen LogP contribution in [0, 0.1) is 5.82 Å². The molecule has 0 bridgehead atoms. The zero-order valence-electron chi connectivity index (χ0n) is 8.99. The van der Waals surface area contributed by atoms with Gasteiger partial charge in [0.25, 0.3) is 0 Å². The lowest BCUT2D eigenvalue weighted by Crippen LogP contribution is -2.33. The first-order valence-corrected chi connectivity index (χ1v) is 5.63. The molecule has 0 aliphatic carbocycles. The number of nitrogens with one attached hydrogen (secondary N) is 1. The summed E-state index contributed by atoms with van der Waals surface area (Å²) in [5.74, 6) is -0.454. The molecule has 1 fully saturated rings. The van der Waals surface area contributed by atoms with Gasteiger partial charge in [-0.2, -0.15) is 0 Å². The second-order valence-electron chi connectivity index (χ2n) is 3.94. The van der Waals surface area contributed by atoms with Gasteiger partial charge in [-0.25, -0.2) is 9.18 Å². The van der Waals surface area contributed by atoms with Gasteiger partial charge >= 0.3 is 6.03 Å². The van der Waals surface area contributed by atoms with Gasteiger partial charge in [0.2, 0.25) is 0 Å². The monoisotopic (exact) mass is 258 g/mol. The Kier molecular flexibility index (Phi) is 3.49. The molecule has 0 radical (unpaired) electrons. The van der Waals surface area contributed by atoms with Crippen LogP contribution in [0.15, 0.2) is 18.2 Å². The number of anilines is 1. The van der Waals surface area contributed by atoms with Crippen molar-refractivity contribution in [2.75, 3.05) is 18.4 Å².